The van der Waals surface area contributed by atoms with Gasteiger partial charge in [0.15, 0.2) is 23.0 Å². The average molecular weight is 528 g/mol. The van der Waals surface area contributed by atoms with E-state index in [0.29, 0.717) is 38.6 Å². The van der Waals surface area contributed by atoms with Crippen molar-refractivity contribution in [2.45, 2.75) is 6.61 Å². The minimum absolute atomic E-state index is 0.0109. The standard InChI is InChI=1S/C23H18BrN3O7/c1-31-21-9-15(11-25-26-23(28)16-4-7-19-20(10-16)34-13-33-19)8-18(24)22(21)32-12-14-2-5-17(6-3-14)27(29)30/h2-11H,12-13H2,1H3,(H,26,28)/b25-11-. The molecule has 0 aliphatic carbocycles. The van der Waals surface area contributed by atoms with Gasteiger partial charge in [-0.25, -0.2) is 5.43 Å². The number of hydrogen-bond acceptors (Lipinski definition) is 8. The molecule has 1 aliphatic heterocycles. The van der Waals surface area contributed by atoms with Gasteiger partial charge in [-0.1, -0.05) is 0 Å². The number of nitrogens with one attached hydrogen (secondary N) is 1. The monoisotopic (exact) mass is 527 g/mol. The molecule has 1 aliphatic rings. The maximum Gasteiger partial charge on any atom is 0.271 e. The molecule has 1 N–H and O–H groups in total. The topological polar surface area (TPSA) is 122 Å². The molecule has 174 valence electrons. The normalized spacial score (nSPS) is 11.9. The van der Waals surface area contributed by atoms with E-state index in [1.54, 1.807) is 42.5 Å². The number of methoxy groups -OCH3 is 1. The lowest BCUT2D eigenvalue weighted by molar-refractivity contribution is -0.384. The highest BCUT2D eigenvalue weighted by molar-refractivity contribution is 9.10. The Bertz CT molecular complexity index is 1260. The first-order valence-corrected chi connectivity index (χ1v) is 10.7. The number of carbonyl (C=O) groups is 1. The molecule has 0 aromatic heterocycles. The molecule has 0 unspecified atom stereocenters. The van der Waals surface area contributed by atoms with Crippen molar-refractivity contribution >= 4 is 33.7 Å². The molecule has 4 rings (SSSR count). The second kappa shape index (κ2) is 10.2. The number of nitro benzene ring substituents is 1. The number of nitro groups is 1. The molecule has 3 aromatic rings. The third-order valence-corrected chi connectivity index (χ3v) is 5.39. The fourth-order valence-corrected chi connectivity index (χ4v) is 3.67. The zero-order valence-corrected chi connectivity index (χ0v) is 19.4. The first kappa shape index (κ1) is 23.1. The summed E-state index contributed by atoms with van der Waals surface area (Å²) in [5.41, 5.74) is 4.27. The van der Waals surface area contributed by atoms with E-state index < -0.39 is 10.8 Å². The Morgan fingerprint density at radius 3 is 2.68 bits per heavy atom. The Kier molecular flexibility index (Phi) is 6.93. The van der Waals surface area contributed by atoms with E-state index >= 15 is 0 Å². The molecular weight excluding hydrogens is 510 g/mol. The van der Waals surface area contributed by atoms with Crippen LogP contribution in [0.4, 0.5) is 5.69 Å². The summed E-state index contributed by atoms with van der Waals surface area (Å²) in [6.45, 7) is 0.314. The number of rotatable bonds is 8. The number of benzene rings is 3. The predicted octanol–water partition coefficient (Wildman–Crippen LogP) is 4.44. The minimum Gasteiger partial charge on any atom is -0.493 e. The van der Waals surface area contributed by atoms with Crippen LogP contribution in [0.3, 0.4) is 0 Å². The zero-order valence-electron chi connectivity index (χ0n) is 17.8. The minimum atomic E-state index is -0.456. The van der Waals surface area contributed by atoms with Crippen molar-refractivity contribution in [3.63, 3.8) is 0 Å². The number of ether oxygens (including phenoxy) is 4. The second-order valence-electron chi connectivity index (χ2n) is 7.01. The zero-order chi connectivity index (χ0) is 24.1. The van der Waals surface area contributed by atoms with Gasteiger partial charge in [-0.05, 0) is 69.5 Å². The molecule has 10 nitrogen and oxygen atoms in total. The molecule has 0 spiro atoms. The Balaban J connectivity index is 1.41. The van der Waals surface area contributed by atoms with Gasteiger partial charge in [0, 0.05) is 17.7 Å². The Labute approximate surface area is 202 Å². The third kappa shape index (κ3) is 5.26. The molecule has 0 radical (unpaired) electrons. The summed E-state index contributed by atoms with van der Waals surface area (Å²) in [6.07, 6.45) is 1.47. The Morgan fingerprint density at radius 1 is 1.18 bits per heavy atom. The molecule has 1 amide bonds. The summed E-state index contributed by atoms with van der Waals surface area (Å²) in [5, 5.41) is 14.8. The summed E-state index contributed by atoms with van der Waals surface area (Å²) in [6, 6.07) is 14.4. The van der Waals surface area contributed by atoms with E-state index in [1.165, 1.54) is 25.5 Å². The van der Waals surface area contributed by atoms with Crippen LogP contribution in [0.25, 0.3) is 0 Å². The summed E-state index contributed by atoms with van der Waals surface area (Å²) in [5.74, 6) is 1.60. The lowest BCUT2D eigenvalue weighted by Gasteiger charge is -2.13. The van der Waals surface area contributed by atoms with Crippen LogP contribution in [0.2, 0.25) is 0 Å². The van der Waals surface area contributed by atoms with Crippen molar-refractivity contribution in [3.8, 4) is 23.0 Å². The van der Waals surface area contributed by atoms with Crippen LogP contribution in [-0.4, -0.2) is 30.9 Å². The predicted molar refractivity (Wildman–Crippen MR) is 126 cm³/mol. The molecule has 3 aromatic carbocycles. The first-order valence-electron chi connectivity index (χ1n) is 9.91. The lowest BCUT2D eigenvalue weighted by Crippen LogP contribution is -2.17. The van der Waals surface area contributed by atoms with Crippen LogP contribution in [0.15, 0.2) is 64.2 Å². The van der Waals surface area contributed by atoms with Crippen molar-refractivity contribution in [1.29, 1.82) is 0 Å². The molecule has 0 fully saturated rings. The van der Waals surface area contributed by atoms with Gasteiger partial charge in [0.25, 0.3) is 11.6 Å². The quantitative estimate of drug-likeness (QED) is 0.261. The van der Waals surface area contributed by atoms with E-state index in [4.69, 9.17) is 18.9 Å². The van der Waals surface area contributed by atoms with Gasteiger partial charge < -0.3 is 18.9 Å². The first-order chi connectivity index (χ1) is 16.4. The highest BCUT2D eigenvalue weighted by Crippen LogP contribution is 2.37. The van der Waals surface area contributed by atoms with Crippen LogP contribution in [0.5, 0.6) is 23.0 Å². The van der Waals surface area contributed by atoms with Gasteiger partial charge in [0.05, 0.1) is 22.7 Å². The van der Waals surface area contributed by atoms with Crippen molar-refractivity contribution < 1.29 is 28.7 Å². The molecular formula is C23H18BrN3O7. The number of nitrogens with zero attached hydrogens (tertiary/aromatic N) is 2. The SMILES string of the molecule is COc1cc(/C=N\NC(=O)c2ccc3c(c2)OCO3)cc(Br)c1OCc1ccc([N+](=O)[O-])cc1. The van der Waals surface area contributed by atoms with Crippen molar-refractivity contribution in [2.24, 2.45) is 5.10 Å². The van der Waals surface area contributed by atoms with Crippen LogP contribution >= 0.6 is 15.9 Å². The molecule has 0 saturated heterocycles. The maximum atomic E-state index is 12.3. The molecule has 0 bridgehead atoms. The molecule has 0 saturated carbocycles. The highest BCUT2D eigenvalue weighted by atomic mass is 79.9. The fraction of sp³-hybridized carbons (Fsp3) is 0.130. The largest absolute Gasteiger partial charge is 0.493 e. The van der Waals surface area contributed by atoms with E-state index in [9.17, 15) is 14.9 Å². The number of carbonyl (C=O) groups excluding carboxylic acids is 1. The number of hydrazone groups is 1. The van der Waals surface area contributed by atoms with Gasteiger partial charge in [-0.2, -0.15) is 5.10 Å². The van der Waals surface area contributed by atoms with E-state index in [0.717, 1.165) is 5.56 Å². The van der Waals surface area contributed by atoms with Crippen LogP contribution in [0.1, 0.15) is 21.5 Å². The smallest absolute Gasteiger partial charge is 0.271 e. The number of non-ortho nitro benzene ring substituents is 1. The number of halogens is 1. The van der Waals surface area contributed by atoms with Crippen molar-refractivity contribution in [2.75, 3.05) is 13.9 Å². The van der Waals surface area contributed by atoms with E-state index in [-0.39, 0.29) is 19.1 Å². The number of amides is 1. The van der Waals surface area contributed by atoms with Crippen LogP contribution in [0, 0.1) is 10.1 Å². The summed E-state index contributed by atoms with van der Waals surface area (Å²) >= 11 is 3.46. The van der Waals surface area contributed by atoms with Gasteiger partial charge >= 0.3 is 0 Å². The molecule has 11 heteroatoms. The Hall–Kier alpha value is -4.12. The summed E-state index contributed by atoms with van der Waals surface area (Å²) < 4.78 is 22.4. The van der Waals surface area contributed by atoms with Crippen molar-refractivity contribution in [1.82, 2.24) is 5.43 Å². The fourth-order valence-electron chi connectivity index (χ4n) is 3.09. The van der Waals surface area contributed by atoms with Gasteiger partial charge in [0.1, 0.15) is 6.61 Å². The van der Waals surface area contributed by atoms with Gasteiger partial charge in [-0.3, -0.25) is 14.9 Å². The van der Waals surface area contributed by atoms with Crippen LogP contribution in [-0.2, 0) is 6.61 Å². The summed E-state index contributed by atoms with van der Waals surface area (Å²) in [7, 11) is 1.50. The molecule has 0 atom stereocenters. The highest BCUT2D eigenvalue weighted by Gasteiger charge is 2.16. The lowest BCUT2D eigenvalue weighted by atomic mass is 10.2. The number of fused-ring (bicyclic) bond motifs is 1. The second-order valence-corrected chi connectivity index (χ2v) is 7.87. The van der Waals surface area contributed by atoms with Crippen LogP contribution < -0.4 is 24.4 Å². The average Bonchev–Trinajstić information content (AvgIpc) is 3.31. The molecule has 1 heterocycles. The van der Waals surface area contributed by atoms with Gasteiger partial charge in [-0.15, -0.1) is 0 Å². The number of hydrogen-bond donors (Lipinski definition) is 1. The Morgan fingerprint density at radius 2 is 1.94 bits per heavy atom. The van der Waals surface area contributed by atoms with Gasteiger partial charge in [0.2, 0.25) is 6.79 Å². The van der Waals surface area contributed by atoms with Crippen molar-refractivity contribution in [3.05, 3.63) is 85.9 Å². The molecule has 34 heavy (non-hydrogen) atoms. The third-order valence-electron chi connectivity index (χ3n) is 4.80. The van der Waals surface area contributed by atoms with E-state index in [1.807, 2.05) is 0 Å². The summed E-state index contributed by atoms with van der Waals surface area (Å²) in [4.78, 5) is 22.7. The maximum absolute atomic E-state index is 12.3. The van der Waals surface area contributed by atoms with E-state index in [2.05, 4.69) is 26.5 Å².